The number of carbonyl (C=O) groups excluding carboxylic acids is 2. The Morgan fingerprint density at radius 2 is 1.72 bits per heavy atom. The summed E-state index contributed by atoms with van der Waals surface area (Å²) in [4.78, 5) is 22.3. The molecule has 0 heterocycles. The molecule has 1 rings (SSSR count). The first-order chi connectivity index (χ1) is 8.56. The smallest absolute Gasteiger partial charge is 0.239 e. The average molecular weight is 249 g/mol. The van der Waals surface area contributed by atoms with Gasteiger partial charge >= 0.3 is 0 Å². The Morgan fingerprint density at radius 3 is 2.17 bits per heavy atom. The summed E-state index contributed by atoms with van der Waals surface area (Å²) in [5.74, 6) is -0.403. The van der Waals surface area contributed by atoms with Crippen LogP contribution >= 0.6 is 0 Å². The van der Waals surface area contributed by atoms with Crippen molar-refractivity contribution in [3.63, 3.8) is 0 Å². The maximum atomic E-state index is 11.2. The molecule has 1 aromatic carbocycles. The molecule has 0 fully saturated rings. The summed E-state index contributed by atoms with van der Waals surface area (Å²) in [7, 11) is 0. The third-order valence-electron chi connectivity index (χ3n) is 2.58. The molecule has 0 aromatic heterocycles. The summed E-state index contributed by atoms with van der Waals surface area (Å²) < 4.78 is 0. The lowest BCUT2D eigenvalue weighted by atomic mass is 10.2. The standard InChI is InChI=1S/C13H19N3O2/c1-3-11(13(14)18)15-9-5-7-10(8-6-9)16-12(17)4-2/h5-8,11,15H,3-4H2,1-2H3,(H2,14,18)(H,16,17). The predicted octanol–water partition coefficient (Wildman–Crippen LogP) is 1.71. The molecule has 0 aliphatic carbocycles. The molecular weight excluding hydrogens is 230 g/mol. The van der Waals surface area contributed by atoms with E-state index >= 15 is 0 Å². The number of amides is 2. The first kappa shape index (κ1) is 14.0. The number of benzene rings is 1. The van der Waals surface area contributed by atoms with Crippen LogP contribution in [0.3, 0.4) is 0 Å². The predicted molar refractivity (Wildman–Crippen MR) is 72.3 cm³/mol. The van der Waals surface area contributed by atoms with E-state index in [-0.39, 0.29) is 17.9 Å². The normalized spacial score (nSPS) is 11.7. The second kappa shape index (κ2) is 6.64. The molecule has 1 aromatic rings. The third kappa shape index (κ3) is 4.08. The van der Waals surface area contributed by atoms with E-state index in [1.807, 2.05) is 6.92 Å². The van der Waals surface area contributed by atoms with Crippen molar-refractivity contribution in [3.8, 4) is 0 Å². The average Bonchev–Trinajstić information content (AvgIpc) is 2.37. The zero-order chi connectivity index (χ0) is 13.5. The lowest BCUT2D eigenvalue weighted by molar-refractivity contribution is -0.119. The molecule has 98 valence electrons. The van der Waals surface area contributed by atoms with Crippen molar-refractivity contribution in [2.24, 2.45) is 5.73 Å². The van der Waals surface area contributed by atoms with Gasteiger partial charge in [0, 0.05) is 17.8 Å². The minimum Gasteiger partial charge on any atom is -0.374 e. The largest absolute Gasteiger partial charge is 0.374 e. The molecule has 0 aliphatic heterocycles. The van der Waals surface area contributed by atoms with Gasteiger partial charge in [0.2, 0.25) is 11.8 Å². The summed E-state index contributed by atoms with van der Waals surface area (Å²) in [5, 5.41) is 5.79. The number of primary amides is 1. The Bertz CT molecular complexity index is 415. The Kier molecular flexibility index (Phi) is 5.17. The zero-order valence-electron chi connectivity index (χ0n) is 10.7. The second-order valence-electron chi connectivity index (χ2n) is 3.99. The van der Waals surface area contributed by atoms with Gasteiger partial charge in [-0.15, -0.1) is 0 Å². The van der Waals surface area contributed by atoms with Crippen LogP contribution < -0.4 is 16.4 Å². The Hall–Kier alpha value is -2.04. The lowest BCUT2D eigenvalue weighted by Gasteiger charge is -2.15. The molecule has 0 saturated carbocycles. The van der Waals surface area contributed by atoms with Crippen molar-refractivity contribution in [2.75, 3.05) is 10.6 Å². The highest BCUT2D eigenvalue weighted by molar-refractivity contribution is 5.90. The molecular formula is C13H19N3O2. The van der Waals surface area contributed by atoms with E-state index in [1.165, 1.54) is 0 Å². The van der Waals surface area contributed by atoms with Gasteiger partial charge in [-0.1, -0.05) is 13.8 Å². The van der Waals surface area contributed by atoms with Crippen LogP contribution in [-0.2, 0) is 9.59 Å². The first-order valence-corrected chi connectivity index (χ1v) is 6.02. The van der Waals surface area contributed by atoms with Crippen LogP contribution in [-0.4, -0.2) is 17.9 Å². The van der Waals surface area contributed by atoms with Crippen LogP contribution in [0.15, 0.2) is 24.3 Å². The molecule has 0 aliphatic rings. The van der Waals surface area contributed by atoms with Crippen molar-refractivity contribution in [2.45, 2.75) is 32.7 Å². The number of rotatable bonds is 6. The van der Waals surface area contributed by atoms with Crippen molar-refractivity contribution in [1.82, 2.24) is 0 Å². The summed E-state index contributed by atoms with van der Waals surface area (Å²) in [5.41, 5.74) is 6.79. The summed E-state index contributed by atoms with van der Waals surface area (Å²) in [6.07, 6.45) is 1.07. The summed E-state index contributed by atoms with van der Waals surface area (Å²) >= 11 is 0. The van der Waals surface area contributed by atoms with Gasteiger partial charge in [0.05, 0.1) is 0 Å². The van der Waals surface area contributed by atoms with Crippen LogP contribution in [0.5, 0.6) is 0 Å². The number of nitrogens with one attached hydrogen (secondary N) is 2. The number of anilines is 2. The van der Waals surface area contributed by atoms with Gasteiger partial charge < -0.3 is 16.4 Å². The highest BCUT2D eigenvalue weighted by Crippen LogP contribution is 2.15. The zero-order valence-corrected chi connectivity index (χ0v) is 10.7. The Balaban J connectivity index is 2.65. The second-order valence-corrected chi connectivity index (χ2v) is 3.99. The third-order valence-corrected chi connectivity index (χ3v) is 2.58. The topological polar surface area (TPSA) is 84.2 Å². The molecule has 0 bridgehead atoms. The number of hydrogen-bond acceptors (Lipinski definition) is 3. The molecule has 0 saturated heterocycles. The number of hydrogen-bond donors (Lipinski definition) is 3. The molecule has 1 atom stereocenters. The van der Waals surface area contributed by atoms with Crippen LogP contribution in [0.25, 0.3) is 0 Å². The van der Waals surface area contributed by atoms with Gasteiger partial charge in [-0.2, -0.15) is 0 Å². The van der Waals surface area contributed by atoms with Crippen molar-refractivity contribution in [3.05, 3.63) is 24.3 Å². The first-order valence-electron chi connectivity index (χ1n) is 6.02. The highest BCUT2D eigenvalue weighted by atomic mass is 16.2. The van der Waals surface area contributed by atoms with Gasteiger partial charge in [0.25, 0.3) is 0 Å². The van der Waals surface area contributed by atoms with E-state index in [0.717, 1.165) is 11.4 Å². The van der Waals surface area contributed by atoms with Crippen molar-refractivity contribution in [1.29, 1.82) is 0 Å². The van der Waals surface area contributed by atoms with Crippen LogP contribution in [0.2, 0.25) is 0 Å². The minimum atomic E-state index is -0.374. The fourth-order valence-electron chi connectivity index (χ4n) is 1.47. The number of carbonyl (C=O) groups is 2. The molecule has 18 heavy (non-hydrogen) atoms. The Morgan fingerprint density at radius 1 is 1.17 bits per heavy atom. The van der Waals surface area contributed by atoms with Gasteiger partial charge in [-0.05, 0) is 30.7 Å². The minimum absolute atomic E-state index is 0.0284. The maximum absolute atomic E-state index is 11.2. The van der Waals surface area contributed by atoms with E-state index in [9.17, 15) is 9.59 Å². The summed E-state index contributed by atoms with van der Waals surface area (Å²) in [6.45, 7) is 3.68. The fraction of sp³-hybridized carbons (Fsp3) is 0.385. The quantitative estimate of drug-likeness (QED) is 0.717. The van der Waals surface area contributed by atoms with Crippen molar-refractivity contribution < 1.29 is 9.59 Å². The molecule has 0 spiro atoms. The van der Waals surface area contributed by atoms with Gasteiger partial charge in [-0.25, -0.2) is 0 Å². The molecule has 4 N–H and O–H groups in total. The van der Waals surface area contributed by atoms with E-state index in [2.05, 4.69) is 10.6 Å². The van der Waals surface area contributed by atoms with E-state index < -0.39 is 0 Å². The molecule has 5 heteroatoms. The SMILES string of the molecule is CCC(=O)Nc1ccc(NC(CC)C(N)=O)cc1. The molecule has 0 radical (unpaired) electrons. The molecule has 2 amide bonds. The van der Waals surface area contributed by atoms with Crippen LogP contribution in [0.1, 0.15) is 26.7 Å². The molecule has 5 nitrogen and oxygen atoms in total. The monoisotopic (exact) mass is 249 g/mol. The highest BCUT2D eigenvalue weighted by Gasteiger charge is 2.11. The summed E-state index contributed by atoms with van der Waals surface area (Å²) in [6, 6.07) is 6.79. The number of nitrogens with two attached hydrogens (primary N) is 1. The van der Waals surface area contributed by atoms with E-state index in [1.54, 1.807) is 31.2 Å². The van der Waals surface area contributed by atoms with Crippen LogP contribution in [0, 0.1) is 0 Å². The van der Waals surface area contributed by atoms with Crippen LogP contribution in [0.4, 0.5) is 11.4 Å². The van der Waals surface area contributed by atoms with E-state index in [4.69, 9.17) is 5.73 Å². The van der Waals surface area contributed by atoms with Gasteiger partial charge in [-0.3, -0.25) is 9.59 Å². The van der Waals surface area contributed by atoms with Gasteiger partial charge in [0.15, 0.2) is 0 Å². The maximum Gasteiger partial charge on any atom is 0.239 e. The molecule has 1 unspecified atom stereocenters. The van der Waals surface area contributed by atoms with E-state index in [0.29, 0.717) is 12.8 Å². The van der Waals surface area contributed by atoms with Gasteiger partial charge in [0.1, 0.15) is 6.04 Å². The van der Waals surface area contributed by atoms with Crippen molar-refractivity contribution >= 4 is 23.2 Å². The fourth-order valence-corrected chi connectivity index (χ4v) is 1.47. The Labute approximate surface area is 107 Å². The lowest BCUT2D eigenvalue weighted by Crippen LogP contribution is -2.34.